The summed E-state index contributed by atoms with van der Waals surface area (Å²) in [7, 11) is 3.63. The maximum Gasteiger partial charge on any atom is 0.222 e. The second-order valence-corrected chi connectivity index (χ2v) is 8.62. The molecule has 0 saturated carbocycles. The van der Waals surface area contributed by atoms with Crippen LogP contribution < -0.4 is 4.74 Å². The number of hydrogen-bond acceptors (Lipinski definition) is 3. The molecule has 0 aromatic heterocycles. The summed E-state index contributed by atoms with van der Waals surface area (Å²) in [6.45, 7) is 2.71. The van der Waals surface area contributed by atoms with Crippen LogP contribution in [0.2, 0.25) is 0 Å². The van der Waals surface area contributed by atoms with Gasteiger partial charge in [0.1, 0.15) is 17.2 Å². The van der Waals surface area contributed by atoms with Crippen molar-refractivity contribution in [3.63, 3.8) is 0 Å². The number of piperidine rings is 1. The lowest BCUT2D eigenvalue weighted by Gasteiger charge is -2.47. The quantitative estimate of drug-likeness (QED) is 0.776. The van der Waals surface area contributed by atoms with Gasteiger partial charge < -0.3 is 9.64 Å². The molecule has 2 aliphatic rings. The van der Waals surface area contributed by atoms with Crippen LogP contribution in [0.4, 0.5) is 4.39 Å². The molecule has 2 heterocycles. The number of benzene rings is 2. The number of hydrogen-bond donors (Lipinski definition) is 0. The fourth-order valence-electron chi connectivity index (χ4n) is 4.59. The molecule has 4 nitrogen and oxygen atoms in total. The lowest BCUT2D eigenvalue weighted by molar-refractivity contribution is -0.129. The van der Waals surface area contributed by atoms with E-state index in [0.717, 1.165) is 55.8 Å². The van der Waals surface area contributed by atoms with Crippen LogP contribution in [0, 0.1) is 5.82 Å². The van der Waals surface area contributed by atoms with E-state index >= 15 is 0 Å². The van der Waals surface area contributed by atoms with Crippen LogP contribution in [0.25, 0.3) is 0 Å². The summed E-state index contributed by atoms with van der Waals surface area (Å²) >= 11 is 0. The van der Waals surface area contributed by atoms with Crippen molar-refractivity contribution in [1.82, 2.24) is 9.80 Å². The van der Waals surface area contributed by atoms with E-state index in [1.54, 1.807) is 4.90 Å². The smallest absolute Gasteiger partial charge is 0.222 e. The van der Waals surface area contributed by atoms with Crippen molar-refractivity contribution in [2.24, 2.45) is 0 Å². The summed E-state index contributed by atoms with van der Waals surface area (Å²) in [6, 6.07) is 14.9. The predicted octanol–water partition coefficient (Wildman–Crippen LogP) is 4.20. The molecule has 0 bridgehead atoms. The highest BCUT2D eigenvalue weighted by Crippen LogP contribution is 2.46. The minimum Gasteiger partial charge on any atom is -0.487 e. The molecule has 1 spiro atoms. The Labute approximate surface area is 172 Å². The number of para-hydroxylation sites is 1. The molecule has 2 aromatic carbocycles. The van der Waals surface area contributed by atoms with Crippen molar-refractivity contribution in [1.29, 1.82) is 0 Å². The Morgan fingerprint density at radius 2 is 1.83 bits per heavy atom. The van der Waals surface area contributed by atoms with Crippen LogP contribution in [0.3, 0.4) is 0 Å². The number of amides is 1. The summed E-state index contributed by atoms with van der Waals surface area (Å²) in [4.78, 5) is 16.5. The highest BCUT2D eigenvalue weighted by Gasteiger charge is 2.43. The van der Waals surface area contributed by atoms with Gasteiger partial charge >= 0.3 is 0 Å². The maximum atomic E-state index is 13.1. The minimum atomic E-state index is -0.203. The van der Waals surface area contributed by atoms with E-state index in [1.807, 2.05) is 44.4 Å². The fourth-order valence-corrected chi connectivity index (χ4v) is 4.59. The second-order valence-electron chi connectivity index (χ2n) is 8.62. The Balaban J connectivity index is 1.46. The van der Waals surface area contributed by atoms with Crippen molar-refractivity contribution in [2.75, 3.05) is 27.2 Å². The van der Waals surface area contributed by atoms with Crippen molar-refractivity contribution < 1.29 is 13.9 Å². The molecule has 29 heavy (non-hydrogen) atoms. The third-order valence-corrected chi connectivity index (χ3v) is 6.31. The minimum absolute atomic E-state index is 0.163. The van der Waals surface area contributed by atoms with Crippen molar-refractivity contribution >= 4 is 5.91 Å². The summed E-state index contributed by atoms with van der Waals surface area (Å²) in [6.07, 6.45) is 3.28. The SMILES string of the molecule is CN(C)C(=O)CC1CC2(CCN(Cc3ccc(F)cc3)CC2)Oc2ccccc21. The molecule has 154 valence electrons. The van der Waals surface area contributed by atoms with Crippen molar-refractivity contribution in [2.45, 2.75) is 43.7 Å². The van der Waals surface area contributed by atoms with Crippen LogP contribution >= 0.6 is 0 Å². The van der Waals surface area contributed by atoms with Crippen LogP contribution in [-0.4, -0.2) is 48.5 Å². The zero-order valence-electron chi connectivity index (χ0n) is 17.2. The van der Waals surface area contributed by atoms with Gasteiger partial charge in [-0.2, -0.15) is 0 Å². The zero-order chi connectivity index (χ0) is 20.4. The molecule has 1 atom stereocenters. The Hall–Kier alpha value is -2.40. The molecule has 4 rings (SSSR count). The number of fused-ring (bicyclic) bond motifs is 1. The Morgan fingerprint density at radius 1 is 1.14 bits per heavy atom. The lowest BCUT2D eigenvalue weighted by atomic mass is 9.76. The molecular formula is C24H29FN2O2. The topological polar surface area (TPSA) is 32.8 Å². The Bertz CT molecular complexity index is 857. The van der Waals surface area contributed by atoms with Gasteiger partial charge in [0, 0.05) is 46.1 Å². The van der Waals surface area contributed by atoms with Gasteiger partial charge in [-0.05, 0) is 48.6 Å². The van der Waals surface area contributed by atoms with E-state index in [9.17, 15) is 9.18 Å². The van der Waals surface area contributed by atoms with Gasteiger partial charge in [-0.15, -0.1) is 0 Å². The Morgan fingerprint density at radius 3 is 2.52 bits per heavy atom. The van der Waals surface area contributed by atoms with Gasteiger partial charge in [0.15, 0.2) is 0 Å². The van der Waals surface area contributed by atoms with Crippen LogP contribution in [-0.2, 0) is 11.3 Å². The van der Waals surface area contributed by atoms with Crippen molar-refractivity contribution in [3.05, 3.63) is 65.5 Å². The number of rotatable bonds is 4. The van der Waals surface area contributed by atoms with E-state index in [1.165, 1.54) is 12.1 Å². The molecule has 0 N–H and O–H groups in total. The normalized spacial score (nSPS) is 20.7. The molecule has 1 saturated heterocycles. The second kappa shape index (κ2) is 8.15. The summed E-state index contributed by atoms with van der Waals surface area (Å²) in [5, 5.41) is 0. The van der Waals surface area contributed by atoms with E-state index < -0.39 is 0 Å². The zero-order valence-corrected chi connectivity index (χ0v) is 17.2. The molecule has 1 unspecified atom stereocenters. The van der Waals surface area contributed by atoms with Crippen LogP contribution in [0.15, 0.2) is 48.5 Å². The van der Waals surface area contributed by atoms with Crippen LogP contribution in [0.1, 0.15) is 42.7 Å². The lowest BCUT2D eigenvalue weighted by Crippen LogP contribution is -2.50. The summed E-state index contributed by atoms with van der Waals surface area (Å²) < 4.78 is 19.7. The molecule has 0 radical (unpaired) electrons. The number of ether oxygens (including phenoxy) is 1. The third kappa shape index (κ3) is 4.45. The van der Waals surface area contributed by atoms with Crippen LogP contribution in [0.5, 0.6) is 5.75 Å². The predicted molar refractivity (Wildman–Crippen MR) is 111 cm³/mol. The summed E-state index contributed by atoms with van der Waals surface area (Å²) in [5.41, 5.74) is 2.08. The van der Waals surface area contributed by atoms with Gasteiger partial charge in [-0.25, -0.2) is 4.39 Å². The standard InChI is InChI=1S/C24H29FN2O2/c1-26(2)23(28)15-19-16-24(29-22-6-4-3-5-21(19)22)11-13-27(14-12-24)17-18-7-9-20(25)10-8-18/h3-10,19H,11-17H2,1-2H3. The van der Waals surface area contributed by atoms with E-state index in [4.69, 9.17) is 4.74 Å². The largest absolute Gasteiger partial charge is 0.487 e. The average molecular weight is 397 g/mol. The number of carbonyl (C=O) groups excluding carboxylic acids is 1. The molecule has 1 amide bonds. The number of carbonyl (C=O) groups is 1. The monoisotopic (exact) mass is 396 g/mol. The number of nitrogens with zero attached hydrogens (tertiary/aromatic N) is 2. The first-order valence-corrected chi connectivity index (χ1v) is 10.4. The molecule has 0 aliphatic carbocycles. The van der Waals surface area contributed by atoms with Gasteiger partial charge in [0.05, 0.1) is 0 Å². The van der Waals surface area contributed by atoms with E-state index in [0.29, 0.717) is 6.42 Å². The highest BCUT2D eigenvalue weighted by molar-refractivity contribution is 5.76. The molecule has 5 heteroatoms. The number of likely N-dealkylation sites (tertiary alicyclic amines) is 1. The molecule has 2 aromatic rings. The molecule has 2 aliphatic heterocycles. The van der Waals surface area contributed by atoms with Gasteiger partial charge in [0.2, 0.25) is 5.91 Å². The van der Waals surface area contributed by atoms with Gasteiger partial charge in [-0.3, -0.25) is 9.69 Å². The van der Waals surface area contributed by atoms with Crippen molar-refractivity contribution in [3.8, 4) is 5.75 Å². The highest BCUT2D eigenvalue weighted by atomic mass is 19.1. The van der Waals surface area contributed by atoms with E-state index in [2.05, 4.69) is 11.0 Å². The first-order valence-electron chi connectivity index (χ1n) is 10.4. The van der Waals surface area contributed by atoms with Gasteiger partial charge in [0.25, 0.3) is 0 Å². The molecular weight excluding hydrogens is 367 g/mol. The van der Waals surface area contributed by atoms with E-state index in [-0.39, 0.29) is 23.2 Å². The fraction of sp³-hybridized carbons (Fsp3) is 0.458. The summed E-state index contributed by atoms with van der Waals surface area (Å²) in [5.74, 6) is 1.09. The first kappa shape index (κ1) is 19.9. The molecule has 1 fully saturated rings. The van der Waals surface area contributed by atoms with Gasteiger partial charge in [-0.1, -0.05) is 30.3 Å². The maximum absolute atomic E-state index is 13.1. The first-order chi connectivity index (χ1) is 13.9. The average Bonchev–Trinajstić information content (AvgIpc) is 2.71. The third-order valence-electron chi connectivity index (χ3n) is 6.31. The Kier molecular flexibility index (Phi) is 5.59. The number of halogens is 1.